The molecule has 2 aromatic carbocycles. The minimum Gasteiger partial charge on any atom is -0.490 e. The monoisotopic (exact) mass is 499 g/mol. The summed E-state index contributed by atoms with van der Waals surface area (Å²) in [5, 5.41) is 4.43. The van der Waals surface area contributed by atoms with Crippen molar-refractivity contribution in [1.82, 2.24) is 14.9 Å². The molecule has 6 heteroatoms. The molecule has 1 N–H and O–H groups in total. The van der Waals surface area contributed by atoms with Gasteiger partial charge in [-0.05, 0) is 62.8 Å². The average Bonchev–Trinajstić information content (AvgIpc) is 3.53. The van der Waals surface area contributed by atoms with Crippen molar-refractivity contribution >= 4 is 27.9 Å². The summed E-state index contributed by atoms with van der Waals surface area (Å²) in [6, 6.07) is 16.1. The summed E-state index contributed by atoms with van der Waals surface area (Å²) in [4.78, 5) is 19.2. The maximum absolute atomic E-state index is 14.1. The number of imidazole rings is 1. The van der Waals surface area contributed by atoms with Crippen LogP contribution in [0, 0.1) is 5.92 Å². The number of furan rings is 1. The van der Waals surface area contributed by atoms with Gasteiger partial charge in [-0.2, -0.15) is 0 Å². The molecule has 6 rings (SSSR count). The molecule has 2 saturated carbocycles. The molecule has 2 heterocycles. The molecule has 2 aliphatic carbocycles. The Morgan fingerprint density at radius 3 is 2.57 bits per heavy atom. The Hall–Kier alpha value is -3.28. The highest BCUT2D eigenvalue weighted by Crippen LogP contribution is 2.40. The molecule has 4 aromatic rings. The molecule has 1 atom stereocenters. The molecule has 0 bridgehead atoms. The maximum atomic E-state index is 14.1. The van der Waals surface area contributed by atoms with Crippen LogP contribution in [-0.4, -0.2) is 28.1 Å². The van der Waals surface area contributed by atoms with Gasteiger partial charge < -0.3 is 19.0 Å². The number of nitrogens with zero attached hydrogens (tertiary/aromatic N) is 2. The number of nitrogens with one attached hydrogen (secondary N) is 1. The number of hydrogen-bond acceptors (Lipinski definition) is 4. The number of ether oxygens (including phenoxy) is 1. The van der Waals surface area contributed by atoms with Crippen molar-refractivity contribution in [1.29, 1.82) is 0 Å². The molecule has 194 valence electrons. The second-order valence-corrected chi connectivity index (χ2v) is 10.7. The Morgan fingerprint density at radius 1 is 1.03 bits per heavy atom. The Morgan fingerprint density at radius 2 is 1.78 bits per heavy atom. The Balaban J connectivity index is 1.48. The van der Waals surface area contributed by atoms with Crippen LogP contribution in [0.4, 0.5) is 0 Å². The summed E-state index contributed by atoms with van der Waals surface area (Å²) in [6.07, 6.45) is 11.5. The molecule has 1 amide bonds. The van der Waals surface area contributed by atoms with Crippen LogP contribution in [0.25, 0.3) is 33.6 Å². The molecular weight excluding hydrogens is 462 g/mol. The van der Waals surface area contributed by atoms with Gasteiger partial charge in [0, 0.05) is 11.4 Å². The van der Waals surface area contributed by atoms with Crippen LogP contribution < -0.4 is 10.1 Å². The topological polar surface area (TPSA) is 69.3 Å². The molecule has 0 radical (unpaired) electrons. The van der Waals surface area contributed by atoms with Crippen LogP contribution in [-0.2, 0) is 4.79 Å². The van der Waals surface area contributed by atoms with Gasteiger partial charge >= 0.3 is 0 Å². The molecule has 2 fully saturated rings. The molecule has 2 aliphatic rings. The summed E-state index contributed by atoms with van der Waals surface area (Å²) < 4.78 is 14.5. The summed E-state index contributed by atoms with van der Waals surface area (Å²) in [6.45, 7) is 2.54. The lowest BCUT2D eigenvalue weighted by molar-refractivity contribution is -0.127. The second-order valence-electron chi connectivity index (χ2n) is 10.7. The van der Waals surface area contributed by atoms with Gasteiger partial charge in [0.1, 0.15) is 6.04 Å². The van der Waals surface area contributed by atoms with Crippen LogP contribution in [0.3, 0.4) is 0 Å². The van der Waals surface area contributed by atoms with E-state index >= 15 is 0 Å². The van der Waals surface area contributed by atoms with Crippen LogP contribution in [0.5, 0.6) is 5.75 Å². The van der Waals surface area contributed by atoms with Crippen molar-refractivity contribution in [3.05, 3.63) is 48.5 Å². The lowest BCUT2D eigenvalue weighted by Crippen LogP contribution is -2.43. The predicted molar refractivity (Wildman–Crippen MR) is 147 cm³/mol. The van der Waals surface area contributed by atoms with Gasteiger partial charge in [0.25, 0.3) is 0 Å². The second kappa shape index (κ2) is 10.6. The third-order valence-electron chi connectivity index (χ3n) is 8.22. The van der Waals surface area contributed by atoms with Gasteiger partial charge in [0.05, 0.1) is 17.6 Å². The third-order valence-corrected chi connectivity index (χ3v) is 8.22. The average molecular weight is 500 g/mol. The molecule has 37 heavy (non-hydrogen) atoms. The normalized spacial score (nSPS) is 18.3. The largest absolute Gasteiger partial charge is 0.490 e. The van der Waals surface area contributed by atoms with E-state index in [0.29, 0.717) is 18.2 Å². The fourth-order valence-corrected chi connectivity index (χ4v) is 6.44. The fraction of sp³-hybridized carbons (Fsp3) is 0.484. The van der Waals surface area contributed by atoms with Gasteiger partial charge in [-0.25, -0.2) is 4.98 Å². The first-order chi connectivity index (χ1) is 18.2. The summed E-state index contributed by atoms with van der Waals surface area (Å²) >= 11 is 0. The standard InChI is InChI=1S/C31H37N3O3/c1-2-36-26-19-11-14-22-20-27(37-29(22)26)30-33-24-17-9-10-18-25(24)34(30)28(21-12-5-3-6-13-21)31(35)32-23-15-7-4-8-16-23/h9-11,14,17-21,23,28H,2-8,12-13,15-16H2,1H3,(H,32,35). The van der Waals surface area contributed by atoms with E-state index in [4.69, 9.17) is 14.1 Å². The molecule has 0 spiro atoms. The van der Waals surface area contributed by atoms with Crippen LogP contribution in [0.2, 0.25) is 0 Å². The first-order valence-corrected chi connectivity index (χ1v) is 14.2. The van der Waals surface area contributed by atoms with Crippen molar-refractivity contribution in [2.24, 2.45) is 5.92 Å². The number of benzene rings is 2. The molecule has 0 aliphatic heterocycles. The van der Waals surface area contributed by atoms with Crippen molar-refractivity contribution < 1.29 is 13.9 Å². The van der Waals surface area contributed by atoms with Crippen LogP contribution in [0.1, 0.15) is 77.2 Å². The number of aromatic nitrogens is 2. The minimum absolute atomic E-state index is 0.134. The number of carbonyl (C=O) groups excluding carboxylic acids is 1. The van der Waals surface area contributed by atoms with Crippen LogP contribution in [0.15, 0.2) is 52.9 Å². The zero-order valence-corrected chi connectivity index (χ0v) is 21.7. The number of carbonyl (C=O) groups is 1. The quantitative estimate of drug-likeness (QED) is 0.287. The van der Waals surface area contributed by atoms with Gasteiger partial charge in [-0.15, -0.1) is 0 Å². The molecular formula is C31H37N3O3. The smallest absolute Gasteiger partial charge is 0.243 e. The van der Waals surface area contributed by atoms with E-state index in [-0.39, 0.29) is 23.9 Å². The highest BCUT2D eigenvalue weighted by molar-refractivity contribution is 5.90. The number of hydrogen-bond donors (Lipinski definition) is 1. The first kappa shape index (κ1) is 24.1. The molecule has 2 aromatic heterocycles. The van der Waals surface area contributed by atoms with Crippen molar-refractivity contribution in [2.45, 2.75) is 83.2 Å². The highest BCUT2D eigenvalue weighted by atomic mass is 16.5. The van der Waals surface area contributed by atoms with Crippen molar-refractivity contribution in [2.75, 3.05) is 6.61 Å². The zero-order valence-electron chi connectivity index (χ0n) is 21.7. The Kier molecular flexibility index (Phi) is 6.90. The SMILES string of the molecule is CCOc1cccc2cc(-c3nc4ccccc4n3C(C(=O)NC3CCCCC3)C3CCCCC3)oc12. The third kappa shape index (κ3) is 4.74. The number of para-hydroxylation sites is 3. The van der Waals surface area contributed by atoms with E-state index in [1.165, 1.54) is 38.5 Å². The van der Waals surface area contributed by atoms with Crippen molar-refractivity contribution in [3.8, 4) is 17.3 Å². The summed E-state index contributed by atoms with van der Waals surface area (Å²) in [5.74, 6) is 2.53. The van der Waals surface area contributed by atoms with Gasteiger partial charge in [0.2, 0.25) is 5.91 Å². The summed E-state index contributed by atoms with van der Waals surface area (Å²) in [5.41, 5.74) is 2.59. The lowest BCUT2D eigenvalue weighted by atomic mass is 9.82. The lowest BCUT2D eigenvalue weighted by Gasteiger charge is -2.33. The predicted octanol–water partition coefficient (Wildman–Crippen LogP) is 7.42. The molecule has 6 nitrogen and oxygen atoms in total. The molecule has 0 saturated heterocycles. The summed E-state index contributed by atoms with van der Waals surface area (Å²) in [7, 11) is 0. The first-order valence-electron chi connectivity index (χ1n) is 14.2. The van der Waals surface area contributed by atoms with Crippen molar-refractivity contribution in [3.63, 3.8) is 0 Å². The van der Waals surface area contributed by atoms with E-state index in [1.54, 1.807) is 0 Å². The number of rotatable bonds is 7. The number of amides is 1. The highest BCUT2D eigenvalue weighted by Gasteiger charge is 2.36. The Labute approximate surface area is 218 Å². The maximum Gasteiger partial charge on any atom is 0.243 e. The van der Waals surface area contributed by atoms with E-state index in [1.807, 2.05) is 49.4 Å². The Bertz CT molecular complexity index is 1380. The van der Waals surface area contributed by atoms with Gasteiger partial charge in [0.15, 0.2) is 22.9 Å². The number of fused-ring (bicyclic) bond motifs is 2. The van der Waals surface area contributed by atoms with Crippen LogP contribution >= 0.6 is 0 Å². The van der Waals surface area contributed by atoms with E-state index in [2.05, 4.69) is 16.0 Å². The molecule has 1 unspecified atom stereocenters. The van der Waals surface area contributed by atoms with E-state index in [0.717, 1.165) is 53.4 Å². The zero-order chi connectivity index (χ0) is 25.2. The van der Waals surface area contributed by atoms with Gasteiger partial charge in [-0.1, -0.05) is 62.8 Å². The van der Waals surface area contributed by atoms with Gasteiger partial charge in [-0.3, -0.25) is 4.79 Å². The van der Waals surface area contributed by atoms with E-state index in [9.17, 15) is 4.79 Å². The fourth-order valence-electron chi connectivity index (χ4n) is 6.44. The van der Waals surface area contributed by atoms with E-state index < -0.39 is 0 Å². The minimum atomic E-state index is -0.316.